The van der Waals surface area contributed by atoms with Crippen molar-refractivity contribution < 1.29 is 9.53 Å². The average molecular weight is 222 g/mol. The van der Waals surface area contributed by atoms with Crippen LogP contribution in [0.2, 0.25) is 0 Å². The Morgan fingerprint density at radius 1 is 1.44 bits per heavy atom. The van der Waals surface area contributed by atoms with Crippen LogP contribution in [0.1, 0.15) is 6.92 Å². The van der Waals surface area contributed by atoms with Crippen LogP contribution in [0.25, 0.3) is 0 Å². The van der Waals surface area contributed by atoms with Gasteiger partial charge in [0.25, 0.3) is 0 Å². The zero-order valence-electron chi connectivity index (χ0n) is 9.93. The number of anilines is 1. The number of hydrogen-bond acceptors (Lipinski definition) is 4. The molecule has 2 N–H and O–H groups in total. The molecule has 0 fully saturated rings. The Hall–Kier alpha value is -1.55. The highest BCUT2D eigenvalue weighted by Gasteiger charge is 2.30. The first-order valence-electron chi connectivity index (χ1n) is 5.11. The number of rotatable bonds is 4. The number of hydrogen-bond donors (Lipinski definition) is 1. The Bertz CT molecular complexity index is 349. The Morgan fingerprint density at radius 3 is 2.50 bits per heavy atom. The molecule has 1 unspecified atom stereocenters. The zero-order valence-corrected chi connectivity index (χ0v) is 9.93. The highest BCUT2D eigenvalue weighted by molar-refractivity contribution is 5.80. The van der Waals surface area contributed by atoms with Crippen molar-refractivity contribution in [3.63, 3.8) is 0 Å². The molecule has 1 aromatic rings. The summed E-state index contributed by atoms with van der Waals surface area (Å²) < 4.78 is 4.66. The van der Waals surface area contributed by atoms with E-state index in [0.717, 1.165) is 5.69 Å². The molecule has 1 aromatic carbocycles. The third kappa shape index (κ3) is 2.97. The number of carbonyl (C=O) groups is 1. The van der Waals surface area contributed by atoms with E-state index >= 15 is 0 Å². The average Bonchev–Trinajstić information content (AvgIpc) is 2.28. The molecule has 4 heteroatoms. The Morgan fingerprint density at radius 2 is 2.00 bits per heavy atom. The van der Waals surface area contributed by atoms with Gasteiger partial charge in [0.05, 0.1) is 7.11 Å². The van der Waals surface area contributed by atoms with Crippen molar-refractivity contribution in [1.82, 2.24) is 0 Å². The second kappa shape index (κ2) is 4.99. The van der Waals surface area contributed by atoms with Gasteiger partial charge in [0.15, 0.2) is 0 Å². The summed E-state index contributed by atoms with van der Waals surface area (Å²) >= 11 is 0. The molecule has 0 aliphatic carbocycles. The fraction of sp³-hybridized carbons (Fsp3) is 0.417. The number of nitrogens with zero attached hydrogens (tertiary/aromatic N) is 1. The molecule has 0 radical (unpaired) electrons. The van der Waals surface area contributed by atoms with Gasteiger partial charge in [-0.3, -0.25) is 4.79 Å². The summed E-state index contributed by atoms with van der Waals surface area (Å²) in [6.45, 7) is 2.07. The first-order valence-corrected chi connectivity index (χ1v) is 5.11. The number of ether oxygens (including phenoxy) is 1. The smallest absolute Gasteiger partial charge is 0.327 e. The lowest BCUT2D eigenvalue weighted by Crippen LogP contribution is -2.53. The van der Waals surface area contributed by atoms with Crippen LogP contribution >= 0.6 is 0 Å². The first-order chi connectivity index (χ1) is 7.47. The van der Waals surface area contributed by atoms with Crippen LogP contribution in [0, 0.1) is 0 Å². The molecule has 16 heavy (non-hydrogen) atoms. The van der Waals surface area contributed by atoms with E-state index in [1.54, 1.807) is 6.92 Å². The first kappa shape index (κ1) is 12.5. The molecule has 0 spiro atoms. The van der Waals surface area contributed by atoms with Crippen molar-refractivity contribution in [3.05, 3.63) is 30.3 Å². The Balaban J connectivity index is 2.71. The summed E-state index contributed by atoms with van der Waals surface area (Å²) in [5.41, 5.74) is 5.91. The molecular weight excluding hydrogens is 204 g/mol. The minimum Gasteiger partial charge on any atom is -0.468 e. The van der Waals surface area contributed by atoms with Gasteiger partial charge in [-0.25, -0.2) is 0 Å². The molecule has 0 bridgehead atoms. The van der Waals surface area contributed by atoms with E-state index in [-0.39, 0.29) is 0 Å². The number of methoxy groups -OCH3 is 1. The Labute approximate surface area is 96.0 Å². The van der Waals surface area contributed by atoms with Gasteiger partial charge < -0.3 is 15.4 Å². The van der Waals surface area contributed by atoms with Gasteiger partial charge in [0.2, 0.25) is 0 Å². The maximum Gasteiger partial charge on any atom is 0.327 e. The summed E-state index contributed by atoms with van der Waals surface area (Å²) in [5, 5.41) is 0. The van der Waals surface area contributed by atoms with Gasteiger partial charge in [-0.15, -0.1) is 0 Å². The lowest BCUT2D eigenvalue weighted by atomic mass is 10.0. The predicted octanol–water partition coefficient (Wildman–Crippen LogP) is 1.01. The number of para-hydroxylation sites is 1. The lowest BCUT2D eigenvalue weighted by Gasteiger charge is -2.29. The molecule has 0 amide bonds. The van der Waals surface area contributed by atoms with E-state index < -0.39 is 11.5 Å². The molecule has 1 atom stereocenters. The van der Waals surface area contributed by atoms with Crippen molar-refractivity contribution in [2.75, 3.05) is 25.6 Å². The summed E-state index contributed by atoms with van der Waals surface area (Å²) in [6.07, 6.45) is 0. The maximum atomic E-state index is 11.4. The zero-order chi connectivity index (χ0) is 12.2. The fourth-order valence-corrected chi connectivity index (χ4v) is 1.56. The van der Waals surface area contributed by atoms with Gasteiger partial charge in [0.1, 0.15) is 5.54 Å². The van der Waals surface area contributed by atoms with Crippen LogP contribution < -0.4 is 10.6 Å². The van der Waals surface area contributed by atoms with Crippen LogP contribution in [0.15, 0.2) is 30.3 Å². The minimum absolute atomic E-state index is 0.406. The van der Waals surface area contributed by atoms with Crippen molar-refractivity contribution in [1.29, 1.82) is 0 Å². The predicted molar refractivity (Wildman–Crippen MR) is 64.3 cm³/mol. The van der Waals surface area contributed by atoms with Crippen molar-refractivity contribution in [2.24, 2.45) is 5.73 Å². The normalized spacial score (nSPS) is 14.0. The summed E-state index contributed by atoms with van der Waals surface area (Å²) in [5.74, 6) is -0.407. The van der Waals surface area contributed by atoms with Crippen molar-refractivity contribution in [2.45, 2.75) is 12.5 Å². The summed E-state index contributed by atoms with van der Waals surface area (Å²) in [4.78, 5) is 13.4. The van der Waals surface area contributed by atoms with E-state index in [1.165, 1.54) is 7.11 Å². The monoisotopic (exact) mass is 222 g/mol. The van der Waals surface area contributed by atoms with Gasteiger partial charge in [-0.1, -0.05) is 18.2 Å². The second-order valence-electron chi connectivity index (χ2n) is 4.10. The van der Waals surface area contributed by atoms with E-state index in [2.05, 4.69) is 4.74 Å². The standard InChI is InChI=1S/C12H18N2O2/c1-12(13,11(15)16-3)9-14(2)10-7-5-4-6-8-10/h4-8H,9,13H2,1-3H3. The number of benzene rings is 1. The number of esters is 1. The molecule has 88 valence electrons. The minimum atomic E-state index is -1.00. The maximum absolute atomic E-state index is 11.4. The largest absolute Gasteiger partial charge is 0.468 e. The van der Waals surface area contributed by atoms with Crippen molar-refractivity contribution >= 4 is 11.7 Å². The fourth-order valence-electron chi connectivity index (χ4n) is 1.56. The highest BCUT2D eigenvalue weighted by Crippen LogP contribution is 2.14. The Kier molecular flexibility index (Phi) is 3.90. The number of likely N-dealkylation sites (N-methyl/N-ethyl adjacent to an activating group) is 1. The molecule has 4 nitrogen and oxygen atoms in total. The van der Waals surface area contributed by atoms with E-state index in [9.17, 15) is 4.79 Å². The van der Waals surface area contributed by atoms with Gasteiger partial charge in [0, 0.05) is 19.3 Å². The molecule has 0 saturated carbocycles. The van der Waals surface area contributed by atoms with Crippen LogP contribution in [-0.4, -0.2) is 32.2 Å². The molecule has 0 aliphatic rings. The molecular formula is C12H18N2O2. The van der Waals surface area contributed by atoms with Crippen LogP contribution in [0.5, 0.6) is 0 Å². The SMILES string of the molecule is COC(=O)C(C)(N)CN(C)c1ccccc1. The topological polar surface area (TPSA) is 55.6 Å². The summed E-state index contributed by atoms with van der Waals surface area (Å²) in [6, 6.07) is 9.76. The van der Waals surface area contributed by atoms with Crippen LogP contribution in [0.4, 0.5) is 5.69 Å². The third-order valence-corrected chi connectivity index (χ3v) is 2.41. The van der Waals surface area contributed by atoms with E-state index in [4.69, 9.17) is 5.73 Å². The highest BCUT2D eigenvalue weighted by atomic mass is 16.5. The van der Waals surface area contributed by atoms with Gasteiger partial charge in [-0.2, -0.15) is 0 Å². The molecule has 0 aliphatic heterocycles. The lowest BCUT2D eigenvalue weighted by molar-refractivity contribution is -0.145. The molecule has 1 rings (SSSR count). The van der Waals surface area contributed by atoms with Crippen molar-refractivity contribution in [3.8, 4) is 0 Å². The summed E-state index contributed by atoms with van der Waals surface area (Å²) in [7, 11) is 3.24. The quantitative estimate of drug-likeness (QED) is 0.773. The molecule has 0 aromatic heterocycles. The van der Waals surface area contributed by atoms with E-state index in [1.807, 2.05) is 42.3 Å². The van der Waals surface area contributed by atoms with Gasteiger partial charge in [-0.05, 0) is 19.1 Å². The number of nitrogens with two attached hydrogens (primary N) is 1. The van der Waals surface area contributed by atoms with Gasteiger partial charge >= 0.3 is 5.97 Å². The second-order valence-corrected chi connectivity index (χ2v) is 4.10. The molecule has 0 saturated heterocycles. The van der Waals surface area contributed by atoms with Crippen LogP contribution in [-0.2, 0) is 9.53 Å². The molecule has 0 heterocycles. The van der Waals surface area contributed by atoms with E-state index in [0.29, 0.717) is 6.54 Å². The van der Waals surface area contributed by atoms with Crippen LogP contribution in [0.3, 0.4) is 0 Å². The number of carbonyl (C=O) groups excluding carboxylic acids is 1. The third-order valence-electron chi connectivity index (χ3n) is 2.41.